The molecule has 0 N–H and O–H groups in total. The Morgan fingerprint density at radius 3 is 2.15 bits per heavy atom. The minimum absolute atomic E-state index is 0.751. The lowest BCUT2D eigenvalue weighted by molar-refractivity contribution is 0.438. The monoisotopic (exact) mass is 276 g/mol. The molecule has 0 aromatic carbocycles. The maximum absolute atomic E-state index is 2.58. The van der Waals surface area contributed by atoms with Crippen molar-refractivity contribution in [2.45, 2.75) is 91.9 Å². The second kappa shape index (κ2) is 10.2. The van der Waals surface area contributed by atoms with Crippen LogP contribution in [-0.2, 0) is 0 Å². The summed E-state index contributed by atoms with van der Waals surface area (Å²) in [7, 11) is 0. The van der Waals surface area contributed by atoms with Gasteiger partial charge in [0, 0.05) is 0 Å². The SMILES string of the molecule is CCCCCCC1=CC(C)C(CCCCCC)C=C1C. The maximum Gasteiger partial charge on any atom is -0.0167 e. The summed E-state index contributed by atoms with van der Waals surface area (Å²) in [6, 6.07) is 0. The van der Waals surface area contributed by atoms with Crippen molar-refractivity contribution in [3.8, 4) is 0 Å². The lowest BCUT2D eigenvalue weighted by Crippen LogP contribution is -2.13. The van der Waals surface area contributed by atoms with Crippen molar-refractivity contribution >= 4 is 0 Å². The number of unbranched alkanes of at least 4 members (excludes halogenated alkanes) is 6. The van der Waals surface area contributed by atoms with Gasteiger partial charge in [-0.2, -0.15) is 0 Å². The average Bonchev–Trinajstić information content (AvgIpc) is 2.44. The van der Waals surface area contributed by atoms with Gasteiger partial charge in [-0.15, -0.1) is 0 Å². The Labute approximate surface area is 127 Å². The molecule has 0 heterocycles. The fraction of sp³-hybridized carbons (Fsp3) is 0.800. The van der Waals surface area contributed by atoms with Crippen LogP contribution >= 0.6 is 0 Å². The first kappa shape index (κ1) is 17.5. The Hall–Kier alpha value is -0.520. The molecule has 0 nitrogen and oxygen atoms in total. The van der Waals surface area contributed by atoms with Gasteiger partial charge in [0.05, 0.1) is 0 Å². The van der Waals surface area contributed by atoms with Gasteiger partial charge in [0.15, 0.2) is 0 Å². The molecule has 0 saturated heterocycles. The minimum Gasteiger partial charge on any atom is -0.0776 e. The first-order chi connectivity index (χ1) is 9.69. The van der Waals surface area contributed by atoms with E-state index in [1.165, 1.54) is 64.2 Å². The molecule has 20 heavy (non-hydrogen) atoms. The van der Waals surface area contributed by atoms with E-state index in [0.29, 0.717) is 0 Å². The fourth-order valence-electron chi connectivity index (χ4n) is 3.33. The van der Waals surface area contributed by atoms with E-state index in [4.69, 9.17) is 0 Å². The highest BCUT2D eigenvalue weighted by molar-refractivity contribution is 5.34. The molecule has 1 aliphatic carbocycles. The first-order valence-corrected chi connectivity index (χ1v) is 9.08. The molecular formula is C20H36. The molecule has 0 bridgehead atoms. The summed E-state index contributed by atoms with van der Waals surface area (Å²) >= 11 is 0. The Bertz CT molecular complexity index is 308. The molecular weight excluding hydrogens is 240 g/mol. The van der Waals surface area contributed by atoms with E-state index in [2.05, 4.69) is 39.8 Å². The zero-order valence-corrected chi connectivity index (χ0v) is 14.4. The smallest absolute Gasteiger partial charge is 0.0167 e. The standard InChI is InChI=1S/C20H36/c1-5-7-9-11-13-19-15-18(4)20(16-17(19)3)14-12-10-8-6-2/h15-17,19H,5-14H2,1-4H3. The van der Waals surface area contributed by atoms with Crippen LogP contribution in [0, 0.1) is 11.8 Å². The van der Waals surface area contributed by atoms with Crippen molar-refractivity contribution in [2.75, 3.05) is 0 Å². The highest BCUT2D eigenvalue weighted by Gasteiger charge is 2.19. The molecule has 0 fully saturated rings. The topological polar surface area (TPSA) is 0 Å². The van der Waals surface area contributed by atoms with E-state index in [9.17, 15) is 0 Å². The molecule has 116 valence electrons. The van der Waals surface area contributed by atoms with Gasteiger partial charge < -0.3 is 0 Å². The molecule has 0 aromatic heterocycles. The van der Waals surface area contributed by atoms with Gasteiger partial charge in [0.2, 0.25) is 0 Å². The number of hydrogen-bond acceptors (Lipinski definition) is 0. The van der Waals surface area contributed by atoms with Gasteiger partial charge in [0.1, 0.15) is 0 Å². The third-order valence-electron chi connectivity index (χ3n) is 4.80. The van der Waals surface area contributed by atoms with Crippen LogP contribution in [0.3, 0.4) is 0 Å². The van der Waals surface area contributed by atoms with Crippen molar-refractivity contribution in [2.24, 2.45) is 11.8 Å². The predicted molar refractivity (Wildman–Crippen MR) is 92.0 cm³/mol. The lowest BCUT2D eigenvalue weighted by Gasteiger charge is -2.26. The van der Waals surface area contributed by atoms with Gasteiger partial charge in [-0.25, -0.2) is 0 Å². The van der Waals surface area contributed by atoms with Crippen LogP contribution in [-0.4, -0.2) is 0 Å². The number of hydrogen-bond donors (Lipinski definition) is 0. The average molecular weight is 277 g/mol. The van der Waals surface area contributed by atoms with Crippen molar-refractivity contribution in [3.63, 3.8) is 0 Å². The van der Waals surface area contributed by atoms with E-state index < -0.39 is 0 Å². The third kappa shape index (κ3) is 6.29. The summed E-state index contributed by atoms with van der Waals surface area (Å²) in [6.07, 6.45) is 18.9. The van der Waals surface area contributed by atoms with Crippen LogP contribution < -0.4 is 0 Å². The Morgan fingerprint density at radius 2 is 1.50 bits per heavy atom. The fourth-order valence-corrected chi connectivity index (χ4v) is 3.33. The molecule has 0 radical (unpaired) electrons. The zero-order chi connectivity index (χ0) is 14.8. The summed E-state index contributed by atoms with van der Waals surface area (Å²) < 4.78 is 0. The molecule has 0 spiro atoms. The van der Waals surface area contributed by atoms with Gasteiger partial charge in [-0.1, -0.05) is 83.4 Å². The van der Waals surface area contributed by atoms with E-state index in [1.807, 2.05) is 0 Å². The van der Waals surface area contributed by atoms with E-state index in [-0.39, 0.29) is 0 Å². The molecule has 0 heteroatoms. The van der Waals surface area contributed by atoms with Crippen LogP contribution in [0.1, 0.15) is 91.9 Å². The van der Waals surface area contributed by atoms with Gasteiger partial charge in [-0.05, 0) is 43.6 Å². The first-order valence-electron chi connectivity index (χ1n) is 9.08. The van der Waals surface area contributed by atoms with Crippen LogP contribution in [0.4, 0.5) is 0 Å². The molecule has 2 atom stereocenters. The molecule has 0 aromatic rings. The zero-order valence-electron chi connectivity index (χ0n) is 14.4. The molecule has 0 amide bonds. The number of allylic oxidation sites excluding steroid dienone is 4. The molecule has 2 unspecified atom stereocenters. The Balaban J connectivity index is 2.36. The van der Waals surface area contributed by atoms with Crippen LogP contribution in [0.2, 0.25) is 0 Å². The van der Waals surface area contributed by atoms with Crippen molar-refractivity contribution < 1.29 is 0 Å². The van der Waals surface area contributed by atoms with Crippen molar-refractivity contribution in [1.82, 2.24) is 0 Å². The number of rotatable bonds is 10. The van der Waals surface area contributed by atoms with Gasteiger partial charge in [-0.3, -0.25) is 0 Å². The summed E-state index contributed by atoms with van der Waals surface area (Å²) in [5, 5.41) is 0. The second-order valence-electron chi connectivity index (χ2n) is 6.72. The van der Waals surface area contributed by atoms with Crippen LogP contribution in [0.5, 0.6) is 0 Å². The van der Waals surface area contributed by atoms with Crippen molar-refractivity contribution in [1.29, 1.82) is 0 Å². The summed E-state index contributed by atoms with van der Waals surface area (Å²) in [5.41, 5.74) is 3.21. The second-order valence-corrected chi connectivity index (χ2v) is 6.72. The summed E-state index contributed by atoms with van der Waals surface area (Å²) in [4.78, 5) is 0. The van der Waals surface area contributed by atoms with E-state index >= 15 is 0 Å². The molecule has 1 aliphatic rings. The lowest BCUT2D eigenvalue weighted by atomic mass is 9.79. The van der Waals surface area contributed by atoms with Crippen LogP contribution in [0.25, 0.3) is 0 Å². The maximum atomic E-state index is 2.58. The third-order valence-corrected chi connectivity index (χ3v) is 4.80. The largest absolute Gasteiger partial charge is 0.0776 e. The van der Waals surface area contributed by atoms with Gasteiger partial charge in [0.25, 0.3) is 0 Å². The normalized spacial score (nSPS) is 22.6. The predicted octanol–water partition coefficient (Wildman–Crippen LogP) is 7.07. The van der Waals surface area contributed by atoms with E-state index in [1.54, 1.807) is 11.1 Å². The quantitative estimate of drug-likeness (QED) is 0.374. The van der Waals surface area contributed by atoms with Gasteiger partial charge >= 0.3 is 0 Å². The van der Waals surface area contributed by atoms with Crippen molar-refractivity contribution in [3.05, 3.63) is 23.3 Å². The highest BCUT2D eigenvalue weighted by Crippen LogP contribution is 2.33. The van der Waals surface area contributed by atoms with E-state index in [0.717, 1.165) is 11.8 Å². The summed E-state index contributed by atoms with van der Waals surface area (Å²) in [5.74, 6) is 1.55. The summed E-state index contributed by atoms with van der Waals surface area (Å²) in [6.45, 7) is 9.33. The van der Waals surface area contributed by atoms with Crippen LogP contribution in [0.15, 0.2) is 23.3 Å². The molecule has 1 rings (SSSR count). The highest BCUT2D eigenvalue weighted by atomic mass is 14.2. The minimum atomic E-state index is 0.751. The Kier molecular flexibility index (Phi) is 8.98. The molecule has 0 aliphatic heterocycles. The molecule has 0 saturated carbocycles. The Morgan fingerprint density at radius 1 is 0.850 bits per heavy atom.